The minimum atomic E-state index is -4.63. The number of piperidine rings is 1. The van der Waals surface area contributed by atoms with E-state index in [0.29, 0.717) is 5.56 Å². The number of hydrogen-bond acceptors (Lipinski definition) is 5. The third-order valence-electron chi connectivity index (χ3n) is 6.93. The lowest BCUT2D eigenvalue weighted by Crippen LogP contribution is -2.30. The van der Waals surface area contributed by atoms with Crippen LogP contribution in [-0.4, -0.2) is 56.7 Å². The zero-order valence-electron chi connectivity index (χ0n) is 23.5. The van der Waals surface area contributed by atoms with Crippen molar-refractivity contribution in [3.8, 4) is 0 Å². The van der Waals surface area contributed by atoms with Gasteiger partial charge in [0, 0.05) is 30.9 Å². The van der Waals surface area contributed by atoms with Crippen molar-refractivity contribution in [2.24, 2.45) is 5.10 Å². The molecule has 0 saturated carbocycles. The second kappa shape index (κ2) is 13.8. The standard InChI is InChI=1S/C31H33ClF3N5O2/c1-39(2)16-13-21-7-6-8-23(17-21)29(41)37-28-12-10-24(40-14-4-3-5-15-40)19-25(28)30(42)38-36-20-22-9-11-27(32)26(18-22)31(33,34)35/h6-12,17-20H,3-5,13-16H2,1-2H3,(H,37,41)(H,38,42)/b36-20+. The molecule has 0 aliphatic carbocycles. The lowest BCUT2D eigenvalue weighted by molar-refractivity contribution is -0.137. The fourth-order valence-corrected chi connectivity index (χ4v) is 4.88. The lowest BCUT2D eigenvalue weighted by Gasteiger charge is -2.29. The largest absolute Gasteiger partial charge is 0.417 e. The van der Waals surface area contributed by atoms with Crippen LogP contribution in [0.3, 0.4) is 0 Å². The first-order valence-electron chi connectivity index (χ1n) is 13.7. The SMILES string of the molecule is CN(C)CCc1cccc(C(=O)Nc2ccc(N3CCCCC3)cc2C(=O)N/N=C/c2ccc(Cl)c(C(F)(F)F)c2)c1. The van der Waals surface area contributed by atoms with Gasteiger partial charge in [-0.25, -0.2) is 5.43 Å². The number of likely N-dealkylation sites (N-methyl/N-ethyl adjacent to an activating group) is 1. The van der Waals surface area contributed by atoms with Crippen LogP contribution in [0.5, 0.6) is 0 Å². The summed E-state index contributed by atoms with van der Waals surface area (Å²) in [4.78, 5) is 30.7. The zero-order valence-corrected chi connectivity index (χ0v) is 24.2. The number of carbonyl (C=O) groups excluding carboxylic acids is 2. The van der Waals surface area contributed by atoms with Crippen molar-refractivity contribution in [3.05, 3.63) is 93.5 Å². The Labute approximate surface area is 248 Å². The highest BCUT2D eigenvalue weighted by atomic mass is 35.5. The van der Waals surface area contributed by atoms with E-state index in [4.69, 9.17) is 11.6 Å². The van der Waals surface area contributed by atoms with Gasteiger partial charge in [-0.1, -0.05) is 29.8 Å². The average Bonchev–Trinajstić information content (AvgIpc) is 2.97. The van der Waals surface area contributed by atoms with Crippen LogP contribution in [0.1, 0.15) is 56.7 Å². The maximum Gasteiger partial charge on any atom is 0.417 e. The number of rotatable bonds is 9. The Morgan fingerprint density at radius 3 is 2.48 bits per heavy atom. The first kappa shape index (κ1) is 31.1. The monoisotopic (exact) mass is 599 g/mol. The summed E-state index contributed by atoms with van der Waals surface area (Å²) in [7, 11) is 3.96. The molecule has 7 nitrogen and oxygen atoms in total. The molecule has 3 aromatic rings. The molecule has 0 bridgehead atoms. The minimum absolute atomic E-state index is 0.108. The van der Waals surface area contributed by atoms with Gasteiger partial charge >= 0.3 is 6.18 Å². The van der Waals surface area contributed by atoms with Gasteiger partial charge in [0.05, 0.1) is 28.1 Å². The van der Waals surface area contributed by atoms with Crippen LogP contribution >= 0.6 is 11.6 Å². The van der Waals surface area contributed by atoms with Gasteiger partial charge in [0.1, 0.15) is 0 Å². The molecule has 1 saturated heterocycles. The van der Waals surface area contributed by atoms with Crippen LogP contribution in [0.25, 0.3) is 0 Å². The molecule has 0 aromatic heterocycles. The number of amides is 2. The molecule has 42 heavy (non-hydrogen) atoms. The Balaban J connectivity index is 1.56. The van der Waals surface area contributed by atoms with Gasteiger partial charge in [0.2, 0.25) is 0 Å². The maximum absolute atomic E-state index is 13.3. The normalized spacial score (nSPS) is 13.9. The second-order valence-electron chi connectivity index (χ2n) is 10.4. The Morgan fingerprint density at radius 2 is 1.76 bits per heavy atom. The summed E-state index contributed by atoms with van der Waals surface area (Å²) in [6.45, 7) is 2.53. The Hall–Kier alpha value is -3.89. The quantitative estimate of drug-likeness (QED) is 0.218. The molecule has 0 atom stereocenters. The molecule has 4 rings (SSSR count). The summed E-state index contributed by atoms with van der Waals surface area (Å²) in [5.74, 6) is -0.990. The van der Waals surface area contributed by atoms with Gasteiger partial charge in [-0.3, -0.25) is 9.59 Å². The third kappa shape index (κ3) is 8.33. The predicted octanol–water partition coefficient (Wildman–Crippen LogP) is 6.47. The number of hydrogen-bond donors (Lipinski definition) is 2. The molecule has 2 amide bonds. The molecular weight excluding hydrogens is 567 g/mol. The first-order valence-corrected chi connectivity index (χ1v) is 14.0. The van der Waals surface area contributed by atoms with Crippen LogP contribution in [-0.2, 0) is 12.6 Å². The summed E-state index contributed by atoms with van der Waals surface area (Å²) in [5, 5.41) is 6.29. The van der Waals surface area contributed by atoms with Crippen molar-refractivity contribution in [1.82, 2.24) is 10.3 Å². The highest BCUT2D eigenvalue weighted by Crippen LogP contribution is 2.35. The van der Waals surface area contributed by atoms with E-state index in [0.717, 1.165) is 74.9 Å². The predicted molar refractivity (Wildman–Crippen MR) is 161 cm³/mol. The molecule has 2 N–H and O–H groups in total. The van der Waals surface area contributed by atoms with Gasteiger partial charge in [0.15, 0.2) is 0 Å². The van der Waals surface area contributed by atoms with Gasteiger partial charge in [-0.15, -0.1) is 0 Å². The van der Waals surface area contributed by atoms with E-state index in [1.54, 1.807) is 18.2 Å². The van der Waals surface area contributed by atoms with Crippen LogP contribution in [0.4, 0.5) is 24.5 Å². The first-order chi connectivity index (χ1) is 20.0. The van der Waals surface area contributed by atoms with E-state index < -0.39 is 22.7 Å². The molecule has 1 aliphatic heterocycles. The Bertz CT molecular complexity index is 1450. The lowest BCUT2D eigenvalue weighted by atomic mass is 10.1. The maximum atomic E-state index is 13.3. The number of benzene rings is 3. The number of anilines is 2. The molecular formula is C31H33ClF3N5O2. The third-order valence-corrected chi connectivity index (χ3v) is 7.26. The number of carbonyl (C=O) groups is 2. The van der Waals surface area contributed by atoms with E-state index in [9.17, 15) is 22.8 Å². The minimum Gasteiger partial charge on any atom is -0.372 e. The highest BCUT2D eigenvalue weighted by Gasteiger charge is 2.33. The van der Waals surface area contributed by atoms with Gasteiger partial charge < -0.3 is 15.1 Å². The van der Waals surface area contributed by atoms with Crippen LogP contribution in [0.15, 0.2) is 65.8 Å². The van der Waals surface area contributed by atoms with Gasteiger partial charge in [0.25, 0.3) is 11.8 Å². The van der Waals surface area contributed by atoms with Crippen molar-refractivity contribution < 1.29 is 22.8 Å². The van der Waals surface area contributed by atoms with E-state index in [1.807, 2.05) is 38.4 Å². The second-order valence-corrected chi connectivity index (χ2v) is 10.8. The molecule has 1 heterocycles. The average molecular weight is 600 g/mol. The van der Waals surface area contributed by atoms with E-state index in [-0.39, 0.29) is 22.7 Å². The zero-order chi connectivity index (χ0) is 30.3. The topological polar surface area (TPSA) is 77.0 Å². The highest BCUT2D eigenvalue weighted by molar-refractivity contribution is 6.31. The molecule has 1 aliphatic rings. The Kier molecular flexibility index (Phi) is 10.2. The number of nitrogens with one attached hydrogen (secondary N) is 2. The molecule has 0 unspecified atom stereocenters. The van der Waals surface area contributed by atoms with Crippen LogP contribution in [0.2, 0.25) is 5.02 Å². The van der Waals surface area contributed by atoms with Crippen molar-refractivity contribution in [3.63, 3.8) is 0 Å². The number of alkyl halides is 3. The van der Waals surface area contributed by atoms with Crippen molar-refractivity contribution in [1.29, 1.82) is 0 Å². The summed E-state index contributed by atoms with van der Waals surface area (Å²) in [5.41, 5.74) is 4.27. The number of hydrazone groups is 1. The summed E-state index contributed by atoms with van der Waals surface area (Å²) < 4.78 is 39.6. The summed E-state index contributed by atoms with van der Waals surface area (Å²) >= 11 is 5.69. The van der Waals surface area contributed by atoms with E-state index in [1.165, 1.54) is 6.07 Å². The Morgan fingerprint density at radius 1 is 1.00 bits per heavy atom. The van der Waals surface area contributed by atoms with Crippen molar-refractivity contribution in [2.75, 3.05) is 43.9 Å². The molecule has 11 heteroatoms. The fourth-order valence-electron chi connectivity index (χ4n) is 4.66. The van der Waals surface area contributed by atoms with Crippen molar-refractivity contribution in [2.45, 2.75) is 31.9 Å². The molecule has 0 spiro atoms. The van der Waals surface area contributed by atoms with E-state index >= 15 is 0 Å². The molecule has 1 fully saturated rings. The molecule has 222 valence electrons. The van der Waals surface area contributed by atoms with Crippen LogP contribution < -0.4 is 15.6 Å². The van der Waals surface area contributed by atoms with E-state index in [2.05, 4.69) is 25.6 Å². The smallest absolute Gasteiger partial charge is 0.372 e. The van der Waals surface area contributed by atoms with Gasteiger partial charge in [-0.2, -0.15) is 18.3 Å². The fraction of sp³-hybridized carbons (Fsp3) is 0.323. The van der Waals surface area contributed by atoms with Crippen LogP contribution in [0, 0.1) is 0 Å². The molecule has 3 aromatic carbocycles. The summed E-state index contributed by atoms with van der Waals surface area (Å²) in [6.07, 6.45) is 0.474. The number of nitrogens with zero attached hydrogens (tertiary/aromatic N) is 3. The van der Waals surface area contributed by atoms with Crippen molar-refractivity contribution >= 4 is 41.0 Å². The van der Waals surface area contributed by atoms with Gasteiger partial charge in [-0.05, 0) is 93.4 Å². The summed E-state index contributed by atoms with van der Waals surface area (Å²) in [6, 6.07) is 15.9. The molecule has 0 radical (unpaired) electrons. The number of halogens is 4.